The minimum atomic E-state index is 0.489. The highest BCUT2D eigenvalue weighted by Crippen LogP contribution is 2.28. The van der Waals surface area contributed by atoms with Crippen LogP contribution in [0, 0.1) is 6.33 Å². The van der Waals surface area contributed by atoms with E-state index in [1.54, 1.807) is 0 Å². The molecule has 15 heavy (non-hydrogen) atoms. The van der Waals surface area contributed by atoms with Crippen molar-refractivity contribution in [3.05, 3.63) is 34.6 Å². The van der Waals surface area contributed by atoms with E-state index in [1.165, 1.54) is 5.56 Å². The molecule has 0 amide bonds. The molecule has 0 unspecified atom stereocenters. The molecule has 0 fully saturated rings. The quantitative estimate of drug-likeness (QED) is 0.835. The lowest BCUT2D eigenvalue weighted by atomic mass is 10.0. The summed E-state index contributed by atoms with van der Waals surface area (Å²) in [4.78, 5) is 3.88. The van der Waals surface area contributed by atoms with Gasteiger partial charge in [-0.25, -0.2) is 0 Å². The van der Waals surface area contributed by atoms with Crippen LogP contribution in [0.5, 0.6) is 0 Å². The summed E-state index contributed by atoms with van der Waals surface area (Å²) in [6.45, 7) is 4.31. The highest BCUT2D eigenvalue weighted by Gasteiger charge is 2.09. The Morgan fingerprint density at radius 1 is 1.40 bits per heavy atom. The SMILES string of the molecule is CC(C)c1ccc(-c2n[c]no2)cc1Br. The first-order chi connectivity index (χ1) is 7.18. The molecule has 1 aromatic carbocycles. The van der Waals surface area contributed by atoms with E-state index in [2.05, 4.69) is 52.3 Å². The molecule has 2 rings (SSSR count). The van der Waals surface area contributed by atoms with Crippen LogP contribution >= 0.6 is 15.9 Å². The fourth-order valence-electron chi connectivity index (χ4n) is 1.40. The Balaban J connectivity index is 2.42. The summed E-state index contributed by atoms with van der Waals surface area (Å²) in [6, 6.07) is 6.02. The van der Waals surface area contributed by atoms with Gasteiger partial charge in [0.25, 0.3) is 5.89 Å². The summed E-state index contributed by atoms with van der Waals surface area (Å²) in [5.41, 5.74) is 2.17. The van der Waals surface area contributed by atoms with Gasteiger partial charge in [-0.1, -0.05) is 41.0 Å². The molecule has 0 aliphatic carbocycles. The Labute approximate surface area is 96.6 Å². The molecule has 0 saturated carbocycles. The first-order valence-corrected chi connectivity index (χ1v) is 5.47. The first kappa shape index (κ1) is 10.4. The van der Waals surface area contributed by atoms with Crippen molar-refractivity contribution < 1.29 is 4.52 Å². The van der Waals surface area contributed by atoms with Gasteiger partial charge in [-0.3, -0.25) is 0 Å². The third-order valence-corrected chi connectivity index (χ3v) is 2.88. The number of aromatic nitrogens is 2. The summed E-state index contributed by atoms with van der Waals surface area (Å²) in [5.74, 6) is 0.980. The van der Waals surface area contributed by atoms with Gasteiger partial charge < -0.3 is 4.52 Å². The molecule has 0 N–H and O–H groups in total. The van der Waals surface area contributed by atoms with E-state index >= 15 is 0 Å². The molecule has 2 aromatic rings. The van der Waals surface area contributed by atoms with Gasteiger partial charge in [-0.2, -0.15) is 4.98 Å². The minimum Gasteiger partial charge on any atom is -0.333 e. The summed E-state index contributed by atoms with van der Waals surface area (Å²) in [5, 5.41) is 3.46. The maximum atomic E-state index is 4.94. The molecule has 3 nitrogen and oxygen atoms in total. The number of hydrogen-bond acceptors (Lipinski definition) is 3. The zero-order valence-electron chi connectivity index (χ0n) is 8.49. The zero-order chi connectivity index (χ0) is 10.8. The molecule has 1 heterocycles. The van der Waals surface area contributed by atoms with Crippen LogP contribution in [-0.2, 0) is 0 Å². The monoisotopic (exact) mass is 265 g/mol. The maximum Gasteiger partial charge on any atom is 0.258 e. The number of halogens is 1. The van der Waals surface area contributed by atoms with Crippen LogP contribution in [0.4, 0.5) is 0 Å². The van der Waals surface area contributed by atoms with Crippen LogP contribution in [0.1, 0.15) is 25.3 Å². The Morgan fingerprint density at radius 2 is 2.20 bits per heavy atom. The number of nitrogens with zero attached hydrogens (tertiary/aromatic N) is 2. The van der Waals surface area contributed by atoms with Crippen molar-refractivity contribution in [3.8, 4) is 11.5 Å². The smallest absolute Gasteiger partial charge is 0.258 e. The molecular weight excluding hydrogens is 256 g/mol. The highest BCUT2D eigenvalue weighted by atomic mass is 79.9. The van der Waals surface area contributed by atoms with Crippen LogP contribution < -0.4 is 0 Å². The Kier molecular flexibility index (Phi) is 2.86. The van der Waals surface area contributed by atoms with Crippen molar-refractivity contribution >= 4 is 15.9 Å². The zero-order valence-corrected chi connectivity index (χ0v) is 10.1. The van der Waals surface area contributed by atoms with Gasteiger partial charge in [0, 0.05) is 10.0 Å². The normalized spacial score (nSPS) is 10.9. The minimum absolute atomic E-state index is 0.489. The predicted octanol–water partition coefficient (Wildman–Crippen LogP) is 3.42. The van der Waals surface area contributed by atoms with E-state index in [9.17, 15) is 0 Å². The predicted molar refractivity (Wildman–Crippen MR) is 60.4 cm³/mol. The molecule has 0 aliphatic heterocycles. The van der Waals surface area contributed by atoms with Crippen LogP contribution in [0.15, 0.2) is 27.2 Å². The molecule has 0 aliphatic rings. The lowest BCUT2D eigenvalue weighted by Gasteiger charge is -2.08. The van der Waals surface area contributed by atoms with E-state index in [1.807, 2.05) is 12.1 Å². The second kappa shape index (κ2) is 4.14. The second-order valence-electron chi connectivity index (χ2n) is 3.59. The maximum absolute atomic E-state index is 4.94. The number of hydrogen-bond donors (Lipinski definition) is 0. The highest BCUT2D eigenvalue weighted by molar-refractivity contribution is 9.10. The molecule has 4 heteroatoms. The van der Waals surface area contributed by atoms with Gasteiger partial charge >= 0.3 is 0 Å². The summed E-state index contributed by atoms with van der Waals surface area (Å²) < 4.78 is 6.00. The fraction of sp³-hybridized carbons (Fsp3) is 0.273. The Morgan fingerprint density at radius 3 is 2.73 bits per heavy atom. The fourth-order valence-corrected chi connectivity index (χ4v) is 2.23. The van der Waals surface area contributed by atoms with E-state index in [0.717, 1.165) is 10.0 Å². The summed E-state index contributed by atoms with van der Waals surface area (Å²) in [7, 11) is 0. The van der Waals surface area contributed by atoms with Gasteiger partial charge in [-0.05, 0) is 23.6 Å². The van der Waals surface area contributed by atoms with Crippen molar-refractivity contribution in [3.63, 3.8) is 0 Å². The van der Waals surface area contributed by atoms with E-state index in [4.69, 9.17) is 4.52 Å². The molecule has 0 spiro atoms. The number of benzene rings is 1. The largest absolute Gasteiger partial charge is 0.333 e. The standard InChI is InChI=1S/C11H10BrN2O/c1-7(2)9-4-3-8(5-10(9)12)11-13-6-14-15-11/h3-5,7H,1-2H3. The van der Waals surface area contributed by atoms with E-state index in [-0.39, 0.29) is 0 Å². The van der Waals surface area contributed by atoms with Crippen LogP contribution in [0.25, 0.3) is 11.5 Å². The van der Waals surface area contributed by atoms with E-state index < -0.39 is 0 Å². The van der Waals surface area contributed by atoms with Gasteiger partial charge in [0.05, 0.1) is 0 Å². The van der Waals surface area contributed by atoms with Crippen molar-refractivity contribution in [1.29, 1.82) is 0 Å². The molecule has 0 atom stereocenters. The Bertz CT molecular complexity index is 452. The summed E-state index contributed by atoms with van der Waals surface area (Å²) >= 11 is 3.53. The van der Waals surface area contributed by atoms with Crippen molar-refractivity contribution in [2.75, 3.05) is 0 Å². The van der Waals surface area contributed by atoms with Gasteiger partial charge in [0.2, 0.25) is 6.33 Å². The van der Waals surface area contributed by atoms with Gasteiger partial charge in [0.1, 0.15) is 0 Å². The number of rotatable bonds is 2. The Hall–Kier alpha value is -1.16. The lowest BCUT2D eigenvalue weighted by molar-refractivity contribution is 0.429. The van der Waals surface area contributed by atoms with Gasteiger partial charge in [0.15, 0.2) is 0 Å². The van der Waals surface area contributed by atoms with Crippen LogP contribution in [0.3, 0.4) is 0 Å². The second-order valence-corrected chi connectivity index (χ2v) is 4.44. The molecule has 0 bridgehead atoms. The average molecular weight is 266 g/mol. The molecule has 0 saturated heterocycles. The molecule has 1 aromatic heterocycles. The molecular formula is C11H10BrN2O. The van der Waals surface area contributed by atoms with Gasteiger partial charge in [-0.15, -0.1) is 0 Å². The van der Waals surface area contributed by atoms with Crippen LogP contribution in [0.2, 0.25) is 0 Å². The van der Waals surface area contributed by atoms with Crippen LogP contribution in [-0.4, -0.2) is 10.1 Å². The lowest BCUT2D eigenvalue weighted by Crippen LogP contribution is -1.89. The van der Waals surface area contributed by atoms with E-state index in [0.29, 0.717) is 11.8 Å². The third-order valence-electron chi connectivity index (χ3n) is 2.19. The molecule has 77 valence electrons. The van der Waals surface area contributed by atoms with Crippen molar-refractivity contribution in [2.45, 2.75) is 19.8 Å². The summed E-state index contributed by atoms with van der Waals surface area (Å²) in [6.07, 6.45) is 2.40. The average Bonchev–Trinajstić information content (AvgIpc) is 2.69. The topological polar surface area (TPSA) is 38.9 Å². The molecule has 1 radical (unpaired) electrons. The van der Waals surface area contributed by atoms with Crippen molar-refractivity contribution in [2.24, 2.45) is 0 Å². The third kappa shape index (κ3) is 2.09. The van der Waals surface area contributed by atoms with Crippen molar-refractivity contribution in [1.82, 2.24) is 10.1 Å². The first-order valence-electron chi connectivity index (χ1n) is 4.68.